The van der Waals surface area contributed by atoms with Gasteiger partial charge in [-0.15, -0.1) is 0 Å². The van der Waals surface area contributed by atoms with Gasteiger partial charge in [-0.3, -0.25) is 4.79 Å². The number of nitrogens with zero attached hydrogens (tertiary/aromatic N) is 2. The zero-order valence-electron chi connectivity index (χ0n) is 11.0. The van der Waals surface area contributed by atoms with E-state index in [1.807, 2.05) is 6.07 Å². The summed E-state index contributed by atoms with van der Waals surface area (Å²) in [5, 5.41) is 17.5. The van der Waals surface area contributed by atoms with Crippen LogP contribution >= 0.6 is 0 Å². The van der Waals surface area contributed by atoms with E-state index in [0.717, 1.165) is 4.31 Å². The predicted octanol–water partition coefficient (Wildman–Crippen LogP) is 1.05. The molecule has 0 unspecified atom stereocenters. The van der Waals surface area contributed by atoms with Crippen molar-refractivity contribution in [2.45, 2.75) is 33.6 Å². The molecule has 18 heavy (non-hydrogen) atoms. The number of nitriles is 1. The van der Waals surface area contributed by atoms with Crippen LogP contribution in [0.4, 0.5) is 0 Å². The first-order valence-corrected chi connectivity index (χ1v) is 7.36. The standard InChI is InChI=1S/C11H20N2O4S/c1-4-6-13(8-10(14)15)18(16,17)7-5-11(2,3)9-12/h4-8H2,1-3H3,(H,14,15). The molecular formula is C11H20N2O4S. The Hall–Kier alpha value is -1.13. The maximum absolute atomic E-state index is 12.0. The third-order valence-electron chi connectivity index (χ3n) is 2.47. The van der Waals surface area contributed by atoms with Crippen molar-refractivity contribution in [1.82, 2.24) is 4.31 Å². The molecule has 104 valence electrons. The summed E-state index contributed by atoms with van der Waals surface area (Å²) in [7, 11) is -3.62. The van der Waals surface area contributed by atoms with Crippen LogP contribution in [0.1, 0.15) is 33.6 Å². The van der Waals surface area contributed by atoms with E-state index in [2.05, 4.69) is 0 Å². The molecule has 0 spiro atoms. The van der Waals surface area contributed by atoms with Gasteiger partial charge in [-0.2, -0.15) is 9.57 Å². The number of carboxylic acids is 1. The molecule has 0 amide bonds. The van der Waals surface area contributed by atoms with Gasteiger partial charge in [-0.25, -0.2) is 8.42 Å². The minimum atomic E-state index is -3.62. The molecule has 6 nitrogen and oxygen atoms in total. The first-order chi connectivity index (χ1) is 8.14. The number of hydrogen-bond acceptors (Lipinski definition) is 4. The fourth-order valence-electron chi connectivity index (χ4n) is 1.29. The van der Waals surface area contributed by atoms with Crippen molar-refractivity contribution in [2.24, 2.45) is 5.41 Å². The van der Waals surface area contributed by atoms with E-state index in [1.165, 1.54) is 0 Å². The predicted molar refractivity (Wildman–Crippen MR) is 67.3 cm³/mol. The molecule has 0 aromatic heterocycles. The van der Waals surface area contributed by atoms with Gasteiger partial charge in [0.15, 0.2) is 0 Å². The normalized spacial score (nSPS) is 12.4. The monoisotopic (exact) mass is 276 g/mol. The lowest BCUT2D eigenvalue weighted by atomic mass is 9.93. The average Bonchev–Trinajstić information content (AvgIpc) is 2.26. The van der Waals surface area contributed by atoms with Gasteiger partial charge in [0.05, 0.1) is 17.2 Å². The molecular weight excluding hydrogens is 256 g/mol. The van der Waals surface area contributed by atoms with E-state index in [1.54, 1.807) is 20.8 Å². The SMILES string of the molecule is CCCN(CC(=O)O)S(=O)(=O)CCC(C)(C)C#N. The van der Waals surface area contributed by atoms with Gasteiger partial charge >= 0.3 is 5.97 Å². The lowest BCUT2D eigenvalue weighted by Crippen LogP contribution is -2.38. The molecule has 1 N–H and O–H groups in total. The van der Waals surface area contributed by atoms with Crippen molar-refractivity contribution in [1.29, 1.82) is 5.26 Å². The van der Waals surface area contributed by atoms with Crippen LogP contribution in [-0.4, -0.2) is 42.6 Å². The Balaban J connectivity index is 4.76. The minimum absolute atomic E-state index is 0.182. The summed E-state index contributed by atoms with van der Waals surface area (Å²) in [6.45, 7) is 4.75. The third kappa shape index (κ3) is 5.98. The summed E-state index contributed by atoms with van der Waals surface area (Å²) in [6.07, 6.45) is 0.736. The highest BCUT2D eigenvalue weighted by molar-refractivity contribution is 7.89. The van der Waals surface area contributed by atoms with Crippen molar-refractivity contribution < 1.29 is 18.3 Å². The highest BCUT2D eigenvalue weighted by Crippen LogP contribution is 2.20. The van der Waals surface area contributed by atoms with Crippen molar-refractivity contribution >= 4 is 16.0 Å². The van der Waals surface area contributed by atoms with Crippen molar-refractivity contribution in [3.63, 3.8) is 0 Å². The van der Waals surface area contributed by atoms with Gasteiger partial charge in [0.1, 0.15) is 6.54 Å². The Bertz CT molecular complexity index is 423. The second kappa shape index (κ2) is 6.71. The second-order valence-corrected chi connectivity index (χ2v) is 6.88. The minimum Gasteiger partial charge on any atom is -0.480 e. The molecule has 0 aliphatic heterocycles. The summed E-state index contributed by atoms with van der Waals surface area (Å²) in [6, 6.07) is 2.03. The number of carboxylic acid groups (broad SMARTS) is 1. The van der Waals surface area contributed by atoms with Crippen LogP contribution in [0.15, 0.2) is 0 Å². The van der Waals surface area contributed by atoms with Crippen LogP contribution < -0.4 is 0 Å². The zero-order valence-corrected chi connectivity index (χ0v) is 11.8. The molecule has 0 heterocycles. The lowest BCUT2D eigenvalue weighted by molar-refractivity contribution is -0.137. The van der Waals surface area contributed by atoms with Gasteiger partial charge in [0.25, 0.3) is 0 Å². The highest BCUT2D eigenvalue weighted by Gasteiger charge is 2.27. The number of sulfonamides is 1. The number of hydrogen-bond donors (Lipinski definition) is 1. The maximum atomic E-state index is 12.0. The molecule has 0 saturated heterocycles. The van der Waals surface area contributed by atoms with E-state index >= 15 is 0 Å². The molecule has 0 rings (SSSR count). The smallest absolute Gasteiger partial charge is 0.318 e. The Morgan fingerprint density at radius 1 is 1.44 bits per heavy atom. The molecule has 0 aromatic carbocycles. The van der Waals surface area contributed by atoms with E-state index in [0.29, 0.717) is 6.42 Å². The Kier molecular flexibility index (Phi) is 6.29. The molecule has 0 saturated carbocycles. The van der Waals surface area contributed by atoms with Crippen LogP contribution in [-0.2, 0) is 14.8 Å². The molecule has 0 bridgehead atoms. The molecule has 0 aromatic rings. The average molecular weight is 276 g/mol. The quantitative estimate of drug-likeness (QED) is 0.714. The van der Waals surface area contributed by atoms with Gasteiger partial charge in [-0.05, 0) is 26.7 Å². The Morgan fingerprint density at radius 3 is 2.39 bits per heavy atom. The lowest BCUT2D eigenvalue weighted by Gasteiger charge is -2.22. The fourth-order valence-corrected chi connectivity index (χ4v) is 3.08. The van der Waals surface area contributed by atoms with E-state index in [-0.39, 0.29) is 18.7 Å². The number of rotatable bonds is 8. The highest BCUT2D eigenvalue weighted by atomic mass is 32.2. The Morgan fingerprint density at radius 2 is 2.00 bits per heavy atom. The first-order valence-electron chi connectivity index (χ1n) is 5.75. The van der Waals surface area contributed by atoms with E-state index < -0.39 is 28.0 Å². The van der Waals surface area contributed by atoms with Crippen LogP contribution in [0.5, 0.6) is 0 Å². The van der Waals surface area contributed by atoms with Crippen molar-refractivity contribution in [3.05, 3.63) is 0 Å². The number of carbonyl (C=O) groups is 1. The van der Waals surface area contributed by atoms with Crippen LogP contribution in [0, 0.1) is 16.7 Å². The van der Waals surface area contributed by atoms with E-state index in [4.69, 9.17) is 10.4 Å². The summed E-state index contributed by atoms with van der Waals surface area (Å²) in [4.78, 5) is 10.6. The van der Waals surface area contributed by atoms with Crippen LogP contribution in [0.3, 0.4) is 0 Å². The second-order valence-electron chi connectivity index (χ2n) is 4.79. The summed E-state index contributed by atoms with van der Waals surface area (Å²) in [5.74, 6) is -1.38. The fraction of sp³-hybridized carbons (Fsp3) is 0.818. The number of aliphatic carboxylic acids is 1. The van der Waals surface area contributed by atoms with Gasteiger partial charge in [0.2, 0.25) is 10.0 Å². The van der Waals surface area contributed by atoms with Crippen LogP contribution in [0.2, 0.25) is 0 Å². The molecule has 0 aliphatic carbocycles. The first kappa shape index (κ1) is 16.9. The van der Waals surface area contributed by atoms with Crippen molar-refractivity contribution in [2.75, 3.05) is 18.8 Å². The van der Waals surface area contributed by atoms with E-state index in [9.17, 15) is 13.2 Å². The summed E-state index contributed by atoms with van der Waals surface area (Å²) >= 11 is 0. The Labute approximate surface area is 108 Å². The van der Waals surface area contributed by atoms with Crippen LogP contribution in [0.25, 0.3) is 0 Å². The topological polar surface area (TPSA) is 98.5 Å². The summed E-state index contributed by atoms with van der Waals surface area (Å²) in [5.41, 5.74) is -0.728. The van der Waals surface area contributed by atoms with Crippen molar-refractivity contribution in [3.8, 4) is 6.07 Å². The van der Waals surface area contributed by atoms with Gasteiger partial charge in [0, 0.05) is 6.54 Å². The zero-order chi connectivity index (χ0) is 14.4. The molecule has 0 aliphatic rings. The molecule has 7 heteroatoms. The maximum Gasteiger partial charge on any atom is 0.318 e. The molecule has 0 radical (unpaired) electrons. The summed E-state index contributed by atoms with van der Waals surface area (Å²) < 4.78 is 24.9. The largest absolute Gasteiger partial charge is 0.480 e. The van der Waals surface area contributed by atoms with Gasteiger partial charge in [-0.1, -0.05) is 6.92 Å². The molecule has 0 atom stereocenters. The van der Waals surface area contributed by atoms with Gasteiger partial charge < -0.3 is 5.11 Å². The molecule has 0 fully saturated rings. The third-order valence-corrected chi connectivity index (χ3v) is 4.28.